The highest BCUT2D eigenvalue weighted by atomic mass is 32.1. The number of ether oxygens (including phenoxy) is 1. The second kappa shape index (κ2) is 6.90. The van der Waals surface area contributed by atoms with Crippen LogP contribution in [0.2, 0.25) is 0 Å². The van der Waals surface area contributed by atoms with Crippen molar-refractivity contribution in [3.8, 4) is 5.75 Å². The van der Waals surface area contributed by atoms with Crippen LogP contribution in [-0.2, 0) is 4.79 Å². The zero-order chi connectivity index (χ0) is 15.2. The van der Waals surface area contributed by atoms with Crippen molar-refractivity contribution in [2.45, 2.75) is 13.0 Å². The van der Waals surface area contributed by atoms with Crippen molar-refractivity contribution in [1.29, 1.82) is 0 Å². The summed E-state index contributed by atoms with van der Waals surface area (Å²) in [4.78, 5) is 23.7. The maximum absolute atomic E-state index is 11.8. The normalized spacial score (nSPS) is 11.7. The molecule has 6 heteroatoms. The Kier molecular flexibility index (Phi) is 4.94. The Bertz CT molecular complexity index is 624. The lowest BCUT2D eigenvalue weighted by molar-refractivity contribution is -0.123. The number of carboxylic acid groups (broad SMARTS) is 1. The van der Waals surface area contributed by atoms with Gasteiger partial charge < -0.3 is 15.2 Å². The van der Waals surface area contributed by atoms with Crippen molar-refractivity contribution < 1.29 is 19.4 Å². The lowest BCUT2D eigenvalue weighted by Crippen LogP contribution is -2.30. The highest BCUT2D eigenvalue weighted by molar-refractivity contribution is 7.10. The Balaban J connectivity index is 1.86. The van der Waals surface area contributed by atoms with Gasteiger partial charge in [-0.25, -0.2) is 4.79 Å². The Morgan fingerprint density at radius 1 is 1.33 bits per heavy atom. The summed E-state index contributed by atoms with van der Waals surface area (Å²) in [5.74, 6) is -0.929. The van der Waals surface area contributed by atoms with E-state index >= 15 is 0 Å². The number of aromatic carboxylic acids is 1. The molecule has 0 saturated carbocycles. The van der Waals surface area contributed by atoms with Crippen LogP contribution < -0.4 is 10.1 Å². The molecule has 1 amide bonds. The smallest absolute Gasteiger partial charge is 0.335 e. The van der Waals surface area contributed by atoms with E-state index in [-0.39, 0.29) is 24.1 Å². The van der Waals surface area contributed by atoms with Crippen molar-refractivity contribution in [3.05, 3.63) is 52.2 Å². The van der Waals surface area contributed by atoms with Crippen LogP contribution in [0, 0.1) is 0 Å². The third-order valence-corrected chi connectivity index (χ3v) is 3.85. The Morgan fingerprint density at radius 3 is 2.81 bits per heavy atom. The van der Waals surface area contributed by atoms with Crippen molar-refractivity contribution in [2.75, 3.05) is 6.61 Å². The highest BCUT2D eigenvalue weighted by Crippen LogP contribution is 2.18. The van der Waals surface area contributed by atoms with Gasteiger partial charge in [-0.3, -0.25) is 4.79 Å². The number of benzene rings is 1. The highest BCUT2D eigenvalue weighted by Gasteiger charge is 2.11. The summed E-state index contributed by atoms with van der Waals surface area (Å²) in [5.41, 5.74) is 0.125. The Morgan fingerprint density at radius 2 is 2.14 bits per heavy atom. The fourth-order valence-corrected chi connectivity index (χ4v) is 2.49. The van der Waals surface area contributed by atoms with E-state index in [1.807, 2.05) is 24.4 Å². The molecule has 1 aromatic heterocycles. The molecular formula is C15H15NO4S. The van der Waals surface area contributed by atoms with Crippen LogP contribution >= 0.6 is 11.3 Å². The van der Waals surface area contributed by atoms with Gasteiger partial charge in [0.05, 0.1) is 11.6 Å². The zero-order valence-electron chi connectivity index (χ0n) is 11.4. The third-order valence-electron chi connectivity index (χ3n) is 2.80. The van der Waals surface area contributed by atoms with Gasteiger partial charge in [0.1, 0.15) is 5.75 Å². The number of carbonyl (C=O) groups is 2. The second-order valence-corrected chi connectivity index (χ2v) is 5.41. The van der Waals surface area contributed by atoms with Crippen LogP contribution in [0.1, 0.15) is 28.2 Å². The predicted octanol–water partition coefficient (Wildman–Crippen LogP) is 2.70. The van der Waals surface area contributed by atoms with Crippen molar-refractivity contribution in [1.82, 2.24) is 5.32 Å². The van der Waals surface area contributed by atoms with Crippen LogP contribution in [0.4, 0.5) is 0 Å². The van der Waals surface area contributed by atoms with Gasteiger partial charge >= 0.3 is 5.97 Å². The first kappa shape index (κ1) is 15.1. The van der Waals surface area contributed by atoms with Gasteiger partial charge in [0.25, 0.3) is 5.91 Å². The van der Waals surface area contributed by atoms with Gasteiger partial charge in [-0.2, -0.15) is 0 Å². The van der Waals surface area contributed by atoms with Crippen LogP contribution in [0.3, 0.4) is 0 Å². The first-order valence-corrected chi connectivity index (χ1v) is 7.23. The van der Waals surface area contributed by atoms with E-state index in [1.54, 1.807) is 23.5 Å². The largest absolute Gasteiger partial charge is 0.484 e. The summed E-state index contributed by atoms with van der Waals surface area (Å²) in [6.07, 6.45) is 0. The minimum atomic E-state index is -1.03. The molecule has 21 heavy (non-hydrogen) atoms. The number of hydrogen-bond donors (Lipinski definition) is 2. The van der Waals surface area contributed by atoms with Gasteiger partial charge in [0, 0.05) is 4.88 Å². The number of amides is 1. The Labute approximate surface area is 126 Å². The molecule has 0 radical (unpaired) electrons. The molecule has 0 aliphatic carbocycles. The number of thiophene rings is 1. The minimum absolute atomic E-state index is 0.0774. The van der Waals surface area contributed by atoms with Crippen molar-refractivity contribution in [3.63, 3.8) is 0 Å². The van der Waals surface area contributed by atoms with Gasteiger partial charge in [0.15, 0.2) is 6.61 Å². The van der Waals surface area contributed by atoms with E-state index in [1.165, 1.54) is 12.1 Å². The van der Waals surface area contributed by atoms with E-state index in [0.717, 1.165) is 4.88 Å². The molecular weight excluding hydrogens is 290 g/mol. The molecule has 1 unspecified atom stereocenters. The summed E-state index contributed by atoms with van der Waals surface area (Å²) in [7, 11) is 0. The summed E-state index contributed by atoms with van der Waals surface area (Å²) >= 11 is 1.57. The first-order chi connectivity index (χ1) is 10.1. The standard InChI is InChI=1S/C15H15NO4S/c1-10(13-6-3-7-21-13)16-14(17)9-20-12-5-2-4-11(8-12)15(18)19/h2-8,10H,9H2,1H3,(H,16,17)(H,18,19). The average molecular weight is 305 g/mol. The van der Waals surface area contributed by atoms with E-state index in [4.69, 9.17) is 9.84 Å². The number of carboxylic acids is 1. The second-order valence-electron chi connectivity index (χ2n) is 4.43. The summed E-state index contributed by atoms with van der Waals surface area (Å²) in [5, 5.41) is 13.6. The summed E-state index contributed by atoms with van der Waals surface area (Å²) in [6.45, 7) is 1.74. The molecule has 0 saturated heterocycles. The number of nitrogens with one attached hydrogen (secondary N) is 1. The lowest BCUT2D eigenvalue weighted by atomic mass is 10.2. The molecule has 2 aromatic rings. The fourth-order valence-electron chi connectivity index (χ4n) is 1.76. The van der Waals surface area contributed by atoms with E-state index in [9.17, 15) is 9.59 Å². The average Bonchev–Trinajstić information content (AvgIpc) is 2.99. The quantitative estimate of drug-likeness (QED) is 0.860. The number of hydrogen-bond acceptors (Lipinski definition) is 4. The van der Waals surface area contributed by atoms with Crippen LogP contribution in [0.5, 0.6) is 5.75 Å². The molecule has 0 aliphatic heterocycles. The number of rotatable bonds is 6. The topological polar surface area (TPSA) is 75.6 Å². The van der Waals surface area contributed by atoms with Crippen LogP contribution in [0.25, 0.3) is 0 Å². The monoisotopic (exact) mass is 305 g/mol. The molecule has 0 fully saturated rings. The molecule has 1 atom stereocenters. The zero-order valence-corrected chi connectivity index (χ0v) is 12.2. The maximum atomic E-state index is 11.8. The van der Waals surface area contributed by atoms with Crippen LogP contribution in [0.15, 0.2) is 41.8 Å². The summed E-state index contributed by atoms with van der Waals surface area (Å²) in [6, 6.07) is 9.84. The predicted molar refractivity (Wildman–Crippen MR) is 79.8 cm³/mol. The van der Waals surface area contributed by atoms with Gasteiger partial charge in [0.2, 0.25) is 0 Å². The molecule has 5 nitrogen and oxygen atoms in total. The molecule has 0 spiro atoms. The van der Waals surface area contributed by atoms with E-state index in [2.05, 4.69) is 5.32 Å². The minimum Gasteiger partial charge on any atom is -0.484 e. The van der Waals surface area contributed by atoms with Gasteiger partial charge in [-0.15, -0.1) is 11.3 Å². The molecule has 0 aliphatic rings. The van der Waals surface area contributed by atoms with E-state index in [0.29, 0.717) is 5.75 Å². The SMILES string of the molecule is CC(NC(=O)COc1cccc(C(=O)O)c1)c1cccs1. The Hall–Kier alpha value is -2.34. The third kappa shape index (κ3) is 4.32. The molecule has 0 bridgehead atoms. The molecule has 1 heterocycles. The maximum Gasteiger partial charge on any atom is 0.335 e. The summed E-state index contributed by atoms with van der Waals surface area (Å²) < 4.78 is 5.30. The first-order valence-electron chi connectivity index (χ1n) is 6.35. The molecule has 2 N–H and O–H groups in total. The van der Waals surface area contributed by atoms with Crippen LogP contribution in [-0.4, -0.2) is 23.6 Å². The molecule has 2 rings (SSSR count). The lowest BCUT2D eigenvalue weighted by Gasteiger charge is -2.13. The van der Waals surface area contributed by atoms with Gasteiger partial charge in [-0.1, -0.05) is 12.1 Å². The van der Waals surface area contributed by atoms with E-state index < -0.39 is 5.97 Å². The molecule has 110 valence electrons. The fraction of sp³-hybridized carbons (Fsp3) is 0.200. The number of carbonyl (C=O) groups excluding carboxylic acids is 1. The van der Waals surface area contributed by atoms with Crippen molar-refractivity contribution in [2.24, 2.45) is 0 Å². The molecule has 1 aromatic carbocycles. The van der Waals surface area contributed by atoms with Gasteiger partial charge in [-0.05, 0) is 36.6 Å². The van der Waals surface area contributed by atoms with Crippen molar-refractivity contribution >= 4 is 23.2 Å².